The highest BCUT2D eigenvalue weighted by molar-refractivity contribution is 5.74. The van der Waals surface area contributed by atoms with Gasteiger partial charge in [-0.05, 0) is 31.4 Å². The first kappa shape index (κ1) is 14.9. The van der Waals surface area contributed by atoms with Crippen molar-refractivity contribution in [3.8, 4) is 0 Å². The number of carboxylic acid groups (broad SMARTS) is 1. The maximum atomic E-state index is 11.4. The highest BCUT2D eigenvalue weighted by Gasteiger charge is 2.29. The molecule has 1 aliphatic rings. The van der Waals surface area contributed by atoms with Gasteiger partial charge in [-0.1, -0.05) is 31.5 Å². The number of unbranched alkanes of at least 4 members (excludes halogenated alkanes) is 1. The minimum atomic E-state index is -0.755. The van der Waals surface area contributed by atoms with Gasteiger partial charge in [-0.25, -0.2) is 0 Å². The molecule has 0 spiro atoms. The van der Waals surface area contributed by atoms with E-state index in [-0.39, 0.29) is 0 Å². The summed E-state index contributed by atoms with van der Waals surface area (Å²) in [7, 11) is 0. The molecule has 1 aliphatic carbocycles. The third kappa shape index (κ3) is 4.53. The van der Waals surface area contributed by atoms with Gasteiger partial charge < -0.3 is 15.3 Å². The van der Waals surface area contributed by atoms with Crippen molar-refractivity contribution >= 4 is 11.7 Å². The summed E-state index contributed by atoms with van der Waals surface area (Å²) in [4.78, 5) is 13.6. The van der Waals surface area contributed by atoms with Gasteiger partial charge in [-0.15, -0.1) is 0 Å². The van der Waals surface area contributed by atoms with Crippen LogP contribution in [-0.4, -0.2) is 36.2 Å². The zero-order valence-electron chi connectivity index (χ0n) is 12.1. The molecule has 1 aromatic rings. The van der Waals surface area contributed by atoms with E-state index in [1.54, 1.807) is 0 Å². The smallest absolute Gasteiger partial charge is 0.322 e. The molecule has 1 aromatic carbocycles. The van der Waals surface area contributed by atoms with Crippen molar-refractivity contribution in [2.24, 2.45) is 0 Å². The van der Waals surface area contributed by atoms with Gasteiger partial charge in [-0.3, -0.25) is 4.79 Å². The molecule has 0 aromatic heterocycles. The Morgan fingerprint density at radius 3 is 2.65 bits per heavy atom. The maximum Gasteiger partial charge on any atom is 0.322 e. The number of hydrogen-bond donors (Lipinski definition) is 2. The van der Waals surface area contributed by atoms with Gasteiger partial charge in [0.15, 0.2) is 0 Å². The SMILES string of the molecule is CCCCN(CC(NC1CC1)C(=O)O)c1ccccc1. The molecule has 2 N–H and O–H groups in total. The van der Waals surface area contributed by atoms with Crippen molar-refractivity contribution in [1.82, 2.24) is 5.32 Å². The van der Waals surface area contributed by atoms with Gasteiger partial charge in [0.05, 0.1) is 0 Å². The van der Waals surface area contributed by atoms with Crippen LogP contribution in [0.5, 0.6) is 0 Å². The lowest BCUT2D eigenvalue weighted by atomic mass is 10.2. The predicted molar refractivity (Wildman–Crippen MR) is 81.1 cm³/mol. The van der Waals surface area contributed by atoms with Crippen LogP contribution in [0.4, 0.5) is 5.69 Å². The zero-order chi connectivity index (χ0) is 14.4. The van der Waals surface area contributed by atoms with Crippen LogP contribution in [0.3, 0.4) is 0 Å². The number of hydrogen-bond acceptors (Lipinski definition) is 3. The van der Waals surface area contributed by atoms with Crippen molar-refractivity contribution in [2.75, 3.05) is 18.0 Å². The maximum absolute atomic E-state index is 11.4. The second kappa shape index (κ2) is 7.29. The average Bonchev–Trinajstić information content (AvgIpc) is 3.27. The topological polar surface area (TPSA) is 52.6 Å². The lowest BCUT2D eigenvalue weighted by molar-refractivity contribution is -0.139. The molecule has 0 heterocycles. The van der Waals surface area contributed by atoms with Crippen LogP contribution < -0.4 is 10.2 Å². The molecule has 1 unspecified atom stereocenters. The van der Waals surface area contributed by atoms with Crippen molar-refractivity contribution < 1.29 is 9.90 Å². The van der Waals surface area contributed by atoms with Crippen LogP contribution in [0, 0.1) is 0 Å². The van der Waals surface area contributed by atoms with E-state index in [2.05, 4.69) is 17.1 Å². The molecule has 4 nitrogen and oxygen atoms in total. The highest BCUT2D eigenvalue weighted by atomic mass is 16.4. The minimum absolute atomic E-state index is 0.403. The summed E-state index contributed by atoms with van der Waals surface area (Å²) >= 11 is 0. The van der Waals surface area contributed by atoms with E-state index < -0.39 is 12.0 Å². The van der Waals surface area contributed by atoms with Gasteiger partial charge in [0.25, 0.3) is 0 Å². The summed E-state index contributed by atoms with van der Waals surface area (Å²) in [5, 5.41) is 12.6. The van der Waals surface area contributed by atoms with E-state index in [1.807, 2.05) is 30.3 Å². The second-order valence-corrected chi connectivity index (χ2v) is 5.47. The molecule has 110 valence electrons. The summed E-state index contributed by atoms with van der Waals surface area (Å²) in [5.74, 6) is -0.755. The van der Waals surface area contributed by atoms with E-state index in [4.69, 9.17) is 0 Å². The Balaban J connectivity index is 2.02. The van der Waals surface area contributed by atoms with Crippen LogP contribution in [0.15, 0.2) is 30.3 Å². The first-order chi connectivity index (χ1) is 9.70. The lowest BCUT2D eigenvalue weighted by Gasteiger charge is -2.28. The number of rotatable bonds is 9. The molecular formula is C16H24N2O2. The number of nitrogens with zero attached hydrogens (tertiary/aromatic N) is 1. The summed E-state index contributed by atoms with van der Waals surface area (Å²) < 4.78 is 0. The molecular weight excluding hydrogens is 252 g/mol. The summed E-state index contributed by atoms with van der Waals surface area (Å²) in [6.07, 6.45) is 4.38. The van der Waals surface area contributed by atoms with E-state index in [9.17, 15) is 9.90 Å². The number of carboxylic acids is 1. The van der Waals surface area contributed by atoms with Gasteiger partial charge in [0, 0.05) is 24.8 Å². The largest absolute Gasteiger partial charge is 0.480 e. The Morgan fingerprint density at radius 1 is 1.40 bits per heavy atom. The molecule has 0 radical (unpaired) electrons. The van der Waals surface area contributed by atoms with Gasteiger partial charge in [-0.2, -0.15) is 0 Å². The first-order valence-electron chi connectivity index (χ1n) is 7.49. The van der Waals surface area contributed by atoms with Crippen molar-refractivity contribution in [2.45, 2.75) is 44.7 Å². The number of aliphatic carboxylic acids is 1. The van der Waals surface area contributed by atoms with Crippen LogP contribution >= 0.6 is 0 Å². The molecule has 0 bridgehead atoms. The van der Waals surface area contributed by atoms with Crippen LogP contribution in [0.2, 0.25) is 0 Å². The molecule has 0 amide bonds. The Morgan fingerprint density at radius 2 is 2.10 bits per heavy atom. The Kier molecular flexibility index (Phi) is 5.41. The quantitative estimate of drug-likeness (QED) is 0.727. The standard InChI is InChI=1S/C16H24N2O2/c1-2-3-11-18(14-7-5-4-6-8-14)12-15(16(19)20)17-13-9-10-13/h4-8,13,15,17H,2-3,9-12H2,1H3,(H,19,20). The summed E-state index contributed by atoms with van der Waals surface area (Å²) in [6.45, 7) is 3.58. The monoisotopic (exact) mass is 276 g/mol. The molecule has 1 atom stereocenters. The van der Waals surface area contributed by atoms with Gasteiger partial charge in [0.1, 0.15) is 6.04 Å². The first-order valence-corrected chi connectivity index (χ1v) is 7.49. The fourth-order valence-electron chi connectivity index (χ4n) is 2.27. The molecule has 4 heteroatoms. The number of anilines is 1. The number of nitrogens with one attached hydrogen (secondary N) is 1. The molecule has 0 aliphatic heterocycles. The fourth-order valence-corrected chi connectivity index (χ4v) is 2.27. The fraction of sp³-hybridized carbons (Fsp3) is 0.562. The van der Waals surface area contributed by atoms with Crippen molar-refractivity contribution in [3.63, 3.8) is 0 Å². The van der Waals surface area contributed by atoms with E-state index in [0.29, 0.717) is 12.6 Å². The molecule has 0 saturated heterocycles. The number of carbonyl (C=O) groups is 1. The van der Waals surface area contributed by atoms with Crippen molar-refractivity contribution in [3.05, 3.63) is 30.3 Å². The van der Waals surface area contributed by atoms with E-state index in [0.717, 1.165) is 37.9 Å². The lowest BCUT2D eigenvalue weighted by Crippen LogP contribution is -2.47. The highest BCUT2D eigenvalue weighted by Crippen LogP contribution is 2.21. The third-order valence-electron chi connectivity index (χ3n) is 3.62. The average molecular weight is 276 g/mol. The van der Waals surface area contributed by atoms with Crippen LogP contribution in [0.1, 0.15) is 32.6 Å². The Hall–Kier alpha value is -1.55. The van der Waals surface area contributed by atoms with Crippen molar-refractivity contribution in [1.29, 1.82) is 0 Å². The Bertz CT molecular complexity index is 418. The van der Waals surface area contributed by atoms with Crippen LogP contribution in [-0.2, 0) is 4.79 Å². The number of para-hydroxylation sites is 1. The molecule has 1 saturated carbocycles. The van der Waals surface area contributed by atoms with Gasteiger partial charge in [0.2, 0.25) is 0 Å². The summed E-state index contributed by atoms with van der Waals surface area (Å²) in [5.41, 5.74) is 1.10. The Labute approximate surface area is 120 Å². The zero-order valence-corrected chi connectivity index (χ0v) is 12.1. The second-order valence-electron chi connectivity index (χ2n) is 5.47. The molecule has 1 fully saturated rings. The number of benzene rings is 1. The third-order valence-corrected chi connectivity index (χ3v) is 3.62. The van der Waals surface area contributed by atoms with E-state index in [1.165, 1.54) is 0 Å². The normalized spacial score (nSPS) is 15.8. The van der Waals surface area contributed by atoms with Gasteiger partial charge >= 0.3 is 5.97 Å². The summed E-state index contributed by atoms with van der Waals surface area (Å²) in [6, 6.07) is 9.99. The van der Waals surface area contributed by atoms with E-state index >= 15 is 0 Å². The predicted octanol–water partition coefficient (Wildman–Crippen LogP) is 2.50. The molecule has 2 rings (SSSR count). The molecule has 20 heavy (non-hydrogen) atoms. The van der Waals surface area contributed by atoms with Crippen LogP contribution in [0.25, 0.3) is 0 Å². The minimum Gasteiger partial charge on any atom is -0.480 e.